The highest BCUT2D eigenvalue weighted by atomic mass is 32.1. The van der Waals surface area contributed by atoms with Gasteiger partial charge in [0.15, 0.2) is 10.6 Å². The van der Waals surface area contributed by atoms with Crippen LogP contribution in [0.1, 0.15) is 25.3 Å². The van der Waals surface area contributed by atoms with E-state index < -0.39 is 0 Å². The second-order valence-electron chi connectivity index (χ2n) is 6.76. The van der Waals surface area contributed by atoms with Crippen LogP contribution in [0.5, 0.6) is 0 Å². The van der Waals surface area contributed by atoms with Gasteiger partial charge in [0.05, 0.1) is 11.2 Å². The first-order valence-corrected chi connectivity index (χ1v) is 9.07. The van der Waals surface area contributed by atoms with Crippen LogP contribution in [-0.4, -0.2) is 19.7 Å². The number of nitrogens with zero attached hydrogens (tertiary/aromatic N) is 3. The number of H-pyrrole nitrogens is 1. The molecule has 0 aliphatic heterocycles. The summed E-state index contributed by atoms with van der Waals surface area (Å²) in [5, 5.41) is 8.36. The molecule has 2 heterocycles. The summed E-state index contributed by atoms with van der Waals surface area (Å²) in [7, 11) is 1.92. The van der Waals surface area contributed by atoms with E-state index in [0.717, 1.165) is 33.5 Å². The van der Waals surface area contributed by atoms with Crippen molar-refractivity contribution in [2.45, 2.75) is 19.8 Å². The molecule has 0 fully saturated rings. The van der Waals surface area contributed by atoms with E-state index in [2.05, 4.69) is 60.4 Å². The molecular formula is C21H20N4S. The Balaban J connectivity index is 1.94. The zero-order chi connectivity index (χ0) is 18.3. The molecule has 0 saturated carbocycles. The van der Waals surface area contributed by atoms with Crippen LogP contribution in [0, 0.1) is 4.77 Å². The fraction of sp³-hybridized carbons (Fsp3) is 0.190. The van der Waals surface area contributed by atoms with E-state index in [-0.39, 0.29) is 0 Å². The lowest BCUT2D eigenvalue weighted by Gasteiger charge is -2.11. The predicted octanol–water partition coefficient (Wildman–Crippen LogP) is 5.48. The highest BCUT2D eigenvalue weighted by Crippen LogP contribution is 2.31. The van der Waals surface area contributed by atoms with Crippen molar-refractivity contribution in [2.24, 2.45) is 7.05 Å². The molecule has 0 bridgehead atoms. The van der Waals surface area contributed by atoms with Crippen molar-refractivity contribution in [3.63, 3.8) is 0 Å². The normalized spacial score (nSPS) is 11.4. The summed E-state index contributed by atoms with van der Waals surface area (Å²) in [6.45, 7) is 4.40. The van der Waals surface area contributed by atoms with Gasteiger partial charge in [0.25, 0.3) is 0 Å². The Labute approximate surface area is 157 Å². The van der Waals surface area contributed by atoms with Crippen molar-refractivity contribution < 1.29 is 0 Å². The third-order valence-corrected chi connectivity index (χ3v) is 5.08. The minimum atomic E-state index is 0.512. The lowest BCUT2D eigenvalue weighted by atomic mass is 9.99. The topological polar surface area (TPSA) is 46.5 Å². The number of nitrogens with one attached hydrogen (secondary N) is 1. The summed E-state index contributed by atoms with van der Waals surface area (Å²) in [5.41, 5.74) is 5.32. The van der Waals surface area contributed by atoms with Gasteiger partial charge in [0, 0.05) is 23.6 Å². The summed E-state index contributed by atoms with van der Waals surface area (Å²) in [6, 6.07) is 18.8. The van der Waals surface area contributed by atoms with Gasteiger partial charge in [-0.1, -0.05) is 56.3 Å². The summed E-state index contributed by atoms with van der Waals surface area (Å²) >= 11 is 5.29. The van der Waals surface area contributed by atoms with Gasteiger partial charge in [-0.05, 0) is 35.8 Å². The highest BCUT2D eigenvalue weighted by molar-refractivity contribution is 7.71. The second-order valence-corrected chi connectivity index (χ2v) is 7.15. The molecule has 26 heavy (non-hydrogen) atoms. The van der Waals surface area contributed by atoms with Gasteiger partial charge in [0.1, 0.15) is 0 Å². The second kappa shape index (κ2) is 6.50. The van der Waals surface area contributed by atoms with E-state index in [9.17, 15) is 0 Å². The van der Waals surface area contributed by atoms with E-state index in [1.165, 1.54) is 5.56 Å². The average molecular weight is 360 g/mol. The van der Waals surface area contributed by atoms with Gasteiger partial charge in [-0.2, -0.15) is 5.10 Å². The maximum atomic E-state index is 5.29. The largest absolute Gasteiger partial charge is 0.303 e. The highest BCUT2D eigenvalue weighted by Gasteiger charge is 2.13. The number of pyridine rings is 1. The minimum absolute atomic E-state index is 0.512. The Morgan fingerprint density at radius 3 is 2.42 bits per heavy atom. The first-order chi connectivity index (χ1) is 12.5. The van der Waals surface area contributed by atoms with E-state index in [1.807, 2.05) is 29.8 Å². The summed E-state index contributed by atoms with van der Waals surface area (Å²) in [4.78, 5) is 4.87. The molecule has 0 atom stereocenters. The van der Waals surface area contributed by atoms with Crippen molar-refractivity contribution in [3.05, 3.63) is 64.9 Å². The van der Waals surface area contributed by atoms with Crippen LogP contribution in [0.4, 0.5) is 0 Å². The first kappa shape index (κ1) is 16.7. The maximum absolute atomic E-state index is 5.29. The Kier molecular flexibility index (Phi) is 4.17. The van der Waals surface area contributed by atoms with Gasteiger partial charge in [0.2, 0.25) is 0 Å². The molecular weight excluding hydrogens is 340 g/mol. The lowest BCUT2D eigenvalue weighted by molar-refractivity contribution is 0.867. The Morgan fingerprint density at radius 2 is 1.77 bits per heavy atom. The van der Waals surface area contributed by atoms with Crippen LogP contribution in [0.25, 0.3) is 33.5 Å². The van der Waals surface area contributed by atoms with E-state index in [0.29, 0.717) is 10.7 Å². The van der Waals surface area contributed by atoms with Crippen LogP contribution >= 0.6 is 12.2 Å². The molecule has 5 heteroatoms. The summed E-state index contributed by atoms with van der Waals surface area (Å²) < 4.78 is 2.49. The molecule has 4 aromatic rings. The quantitative estimate of drug-likeness (QED) is 0.492. The van der Waals surface area contributed by atoms with E-state index in [4.69, 9.17) is 17.2 Å². The van der Waals surface area contributed by atoms with Gasteiger partial charge in [-0.15, -0.1) is 0 Å². The standard InChI is InChI=1S/C21H20N4S/c1-13(2)14-8-10-15(11-9-14)19-12-17(20-23-24-21(26)25(20)3)16-6-4-5-7-18(16)22-19/h4-13H,1-3H3,(H,24,26). The smallest absolute Gasteiger partial charge is 0.195 e. The van der Waals surface area contributed by atoms with Crippen LogP contribution in [-0.2, 0) is 7.05 Å². The van der Waals surface area contributed by atoms with Crippen LogP contribution in [0.15, 0.2) is 54.6 Å². The summed E-state index contributed by atoms with van der Waals surface area (Å²) in [6.07, 6.45) is 0. The molecule has 0 aliphatic carbocycles. The molecule has 0 radical (unpaired) electrons. The van der Waals surface area contributed by atoms with E-state index in [1.54, 1.807) is 0 Å². The molecule has 130 valence electrons. The van der Waals surface area contributed by atoms with Crippen molar-refractivity contribution in [2.75, 3.05) is 0 Å². The number of para-hydroxylation sites is 1. The fourth-order valence-corrected chi connectivity index (χ4v) is 3.27. The molecule has 0 aliphatic rings. The summed E-state index contributed by atoms with van der Waals surface area (Å²) in [5.74, 6) is 1.33. The SMILES string of the molecule is CC(C)c1ccc(-c2cc(-c3n[nH]c(=S)n3C)c3ccccc3n2)cc1. The molecule has 0 amide bonds. The number of rotatable bonds is 3. The van der Waals surface area contributed by atoms with Crippen LogP contribution in [0.3, 0.4) is 0 Å². The van der Waals surface area contributed by atoms with Crippen molar-refractivity contribution in [1.29, 1.82) is 0 Å². The first-order valence-electron chi connectivity index (χ1n) is 8.66. The van der Waals surface area contributed by atoms with Gasteiger partial charge >= 0.3 is 0 Å². The molecule has 0 spiro atoms. The lowest BCUT2D eigenvalue weighted by Crippen LogP contribution is -1.96. The van der Waals surface area contributed by atoms with Gasteiger partial charge in [-0.3, -0.25) is 5.10 Å². The van der Waals surface area contributed by atoms with E-state index >= 15 is 0 Å². The van der Waals surface area contributed by atoms with Crippen LogP contribution in [0.2, 0.25) is 0 Å². The van der Waals surface area contributed by atoms with Crippen molar-refractivity contribution in [1.82, 2.24) is 19.7 Å². The Hall–Kier alpha value is -2.79. The number of aromatic amines is 1. The number of fused-ring (bicyclic) bond motifs is 1. The zero-order valence-electron chi connectivity index (χ0n) is 15.0. The minimum Gasteiger partial charge on any atom is -0.303 e. The van der Waals surface area contributed by atoms with Crippen molar-refractivity contribution in [3.8, 4) is 22.6 Å². The third-order valence-electron chi connectivity index (χ3n) is 4.71. The number of hydrogen-bond donors (Lipinski definition) is 1. The number of aromatic nitrogens is 4. The van der Waals surface area contributed by atoms with Gasteiger partial charge in [-0.25, -0.2) is 4.98 Å². The molecule has 4 nitrogen and oxygen atoms in total. The molecule has 1 N–H and O–H groups in total. The Morgan fingerprint density at radius 1 is 1.04 bits per heavy atom. The number of benzene rings is 2. The monoisotopic (exact) mass is 360 g/mol. The predicted molar refractivity (Wildman–Crippen MR) is 109 cm³/mol. The molecule has 0 saturated heterocycles. The average Bonchev–Trinajstić information content (AvgIpc) is 2.99. The Bertz CT molecular complexity index is 1140. The maximum Gasteiger partial charge on any atom is 0.195 e. The zero-order valence-corrected chi connectivity index (χ0v) is 15.8. The fourth-order valence-electron chi connectivity index (χ4n) is 3.13. The number of hydrogen-bond acceptors (Lipinski definition) is 3. The molecule has 2 aromatic carbocycles. The van der Waals surface area contributed by atoms with Crippen molar-refractivity contribution >= 4 is 23.1 Å². The van der Waals surface area contributed by atoms with Crippen LogP contribution < -0.4 is 0 Å². The molecule has 0 unspecified atom stereocenters. The molecule has 2 aromatic heterocycles. The molecule has 4 rings (SSSR count). The third kappa shape index (κ3) is 2.84. The van der Waals surface area contributed by atoms with Gasteiger partial charge < -0.3 is 4.57 Å².